The first kappa shape index (κ1) is 8.22. The quantitative estimate of drug-likeness (QED) is 0.703. The van der Waals surface area contributed by atoms with Crippen LogP contribution in [0.15, 0.2) is 22.9 Å². The van der Waals surface area contributed by atoms with Crippen molar-refractivity contribution >= 4 is 15.9 Å². The first-order valence-electron chi connectivity index (χ1n) is 3.30. The number of rotatable bonds is 2. The molecule has 1 rings (SSSR count). The Kier molecular flexibility index (Phi) is 3.06. The summed E-state index contributed by atoms with van der Waals surface area (Å²) in [7, 11) is 0. The predicted octanol–water partition coefficient (Wildman–Crippen LogP) is 2.30. The second-order valence-electron chi connectivity index (χ2n) is 2.15. The van der Waals surface area contributed by atoms with Crippen LogP contribution in [-0.4, -0.2) is 4.98 Å². The molecule has 0 spiro atoms. The summed E-state index contributed by atoms with van der Waals surface area (Å²) in [6.45, 7) is 0. The van der Waals surface area contributed by atoms with Gasteiger partial charge in [0.25, 0.3) is 0 Å². The molecule has 0 aliphatic heterocycles. The zero-order valence-electron chi connectivity index (χ0n) is 5.92. The van der Waals surface area contributed by atoms with Crippen LogP contribution < -0.4 is 0 Å². The summed E-state index contributed by atoms with van der Waals surface area (Å²) in [6, 6.07) is 5.94. The second-order valence-corrected chi connectivity index (χ2v) is 2.96. The van der Waals surface area contributed by atoms with Gasteiger partial charge in [-0.1, -0.05) is 6.07 Å². The van der Waals surface area contributed by atoms with Crippen molar-refractivity contribution in [3.8, 4) is 6.07 Å². The number of nitrogens with zero attached hydrogens (tertiary/aromatic N) is 2. The van der Waals surface area contributed by atoms with Crippen molar-refractivity contribution in [2.24, 2.45) is 0 Å². The fraction of sp³-hybridized carbons (Fsp3) is 0.250. The molecular formula is C8H7BrN2. The van der Waals surface area contributed by atoms with Gasteiger partial charge in [0.2, 0.25) is 0 Å². The summed E-state index contributed by atoms with van der Waals surface area (Å²) in [5.41, 5.74) is 1.11. The van der Waals surface area contributed by atoms with E-state index < -0.39 is 0 Å². The minimum Gasteiger partial charge on any atom is -0.249 e. The van der Waals surface area contributed by atoms with Gasteiger partial charge in [-0.15, -0.1) is 0 Å². The Morgan fingerprint density at radius 1 is 1.55 bits per heavy atom. The molecule has 0 saturated heterocycles. The topological polar surface area (TPSA) is 36.7 Å². The summed E-state index contributed by atoms with van der Waals surface area (Å²) >= 11 is 3.24. The highest BCUT2D eigenvalue weighted by Crippen LogP contribution is 2.07. The van der Waals surface area contributed by atoms with Gasteiger partial charge in [0, 0.05) is 12.6 Å². The van der Waals surface area contributed by atoms with E-state index in [2.05, 4.69) is 27.0 Å². The van der Waals surface area contributed by atoms with Crippen molar-refractivity contribution in [2.45, 2.75) is 12.8 Å². The highest BCUT2D eigenvalue weighted by Gasteiger charge is 1.92. The van der Waals surface area contributed by atoms with Gasteiger partial charge >= 0.3 is 0 Å². The van der Waals surface area contributed by atoms with Crippen LogP contribution in [0.4, 0.5) is 0 Å². The minimum absolute atomic E-state index is 0.559. The molecule has 0 atom stereocenters. The van der Waals surface area contributed by atoms with Gasteiger partial charge in [-0.2, -0.15) is 5.26 Å². The van der Waals surface area contributed by atoms with E-state index in [0.717, 1.165) is 16.6 Å². The summed E-state index contributed by atoms with van der Waals surface area (Å²) in [4.78, 5) is 4.04. The van der Waals surface area contributed by atoms with Crippen molar-refractivity contribution < 1.29 is 0 Å². The molecular weight excluding hydrogens is 204 g/mol. The Labute approximate surface area is 74.0 Å². The number of hydrogen-bond acceptors (Lipinski definition) is 2. The molecule has 3 heteroatoms. The summed E-state index contributed by atoms with van der Waals surface area (Å²) < 4.78 is 0.832. The molecule has 1 aromatic heterocycles. The van der Waals surface area contributed by atoms with Crippen LogP contribution in [0.2, 0.25) is 0 Å². The number of aryl methyl sites for hydroxylation is 1. The fourth-order valence-corrected chi connectivity index (χ4v) is 0.989. The van der Waals surface area contributed by atoms with E-state index in [0.29, 0.717) is 6.42 Å². The van der Waals surface area contributed by atoms with Gasteiger partial charge < -0.3 is 0 Å². The van der Waals surface area contributed by atoms with Crippen LogP contribution in [-0.2, 0) is 6.42 Å². The highest BCUT2D eigenvalue weighted by molar-refractivity contribution is 9.10. The van der Waals surface area contributed by atoms with Crippen LogP contribution in [0, 0.1) is 11.3 Å². The Morgan fingerprint density at radius 3 is 2.91 bits per heavy atom. The summed E-state index contributed by atoms with van der Waals surface area (Å²) in [5, 5.41) is 8.30. The lowest BCUT2D eigenvalue weighted by Gasteiger charge is -1.94. The predicted molar refractivity (Wildman–Crippen MR) is 45.9 cm³/mol. The van der Waals surface area contributed by atoms with E-state index in [1.165, 1.54) is 0 Å². The molecule has 0 fully saturated rings. The number of hydrogen-bond donors (Lipinski definition) is 0. The van der Waals surface area contributed by atoms with Crippen molar-refractivity contribution in [3.63, 3.8) is 0 Å². The number of aromatic nitrogens is 1. The maximum Gasteiger partial charge on any atom is 0.106 e. The third-order valence-electron chi connectivity index (χ3n) is 1.31. The molecule has 0 N–H and O–H groups in total. The fourth-order valence-electron chi connectivity index (χ4n) is 0.755. The molecule has 0 radical (unpaired) electrons. The highest BCUT2D eigenvalue weighted by atomic mass is 79.9. The molecule has 0 aliphatic rings. The Bertz CT molecular complexity index is 260. The molecule has 0 unspecified atom stereocenters. The third-order valence-corrected chi connectivity index (χ3v) is 1.78. The van der Waals surface area contributed by atoms with E-state index in [9.17, 15) is 0 Å². The van der Waals surface area contributed by atoms with E-state index in [1.807, 2.05) is 12.1 Å². The van der Waals surface area contributed by atoms with E-state index in [1.54, 1.807) is 6.20 Å². The monoisotopic (exact) mass is 210 g/mol. The maximum absolute atomic E-state index is 8.30. The molecule has 0 saturated carbocycles. The lowest BCUT2D eigenvalue weighted by molar-refractivity contribution is 0.993. The summed E-state index contributed by atoms with van der Waals surface area (Å²) in [6.07, 6.45) is 3.13. The van der Waals surface area contributed by atoms with Gasteiger partial charge in [-0.3, -0.25) is 0 Å². The zero-order chi connectivity index (χ0) is 8.10. The van der Waals surface area contributed by atoms with Crippen LogP contribution in [0.1, 0.15) is 12.0 Å². The Balaban J connectivity index is 2.60. The molecule has 0 bridgehead atoms. The second kappa shape index (κ2) is 4.09. The normalized spacial score (nSPS) is 9.09. The molecule has 1 heterocycles. The SMILES string of the molecule is N#CCCc1ccc(Br)nc1. The smallest absolute Gasteiger partial charge is 0.106 e. The first-order chi connectivity index (χ1) is 5.33. The average molecular weight is 211 g/mol. The maximum atomic E-state index is 8.30. The minimum atomic E-state index is 0.559. The molecule has 0 aliphatic carbocycles. The van der Waals surface area contributed by atoms with Gasteiger partial charge in [0.1, 0.15) is 4.60 Å². The molecule has 1 aromatic rings. The van der Waals surface area contributed by atoms with Crippen LogP contribution in [0.5, 0.6) is 0 Å². The van der Waals surface area contributed by atoms with Crippen LogP contribution >= 0.6 is 15.9 Å². The molecule has 0 amide bonds. The molecule has 56 valence electrons. The average Bonchev–Trinajstić information content (AvgIpc) is 2.04. The summed E-state index contributed by atoms with van der Waals surface area (Å²) in [5.74, 6) is 0. The van der Waals surface area contributed by atoms with E-state index in [-0.39, 0.29) is 0 Å². The lowest BCUT2D eigenvalue weighted by atomic mass is 10.2. The van der Waals surface area contributed by atoms with Crippen molar-refractivity contribution in [2.75, 3.05) is 0 Å². The van der Waals surface area contributed by atoms with E-state index >= 15 is 0 Å². The van der Waals surface area contributed by atoms with E-state index in [4.69, 9.17) is 5.26 Å². The number of halogens is 1. The van der Waals surface area contributed by atoms with Gasteiger partial charge in [-0.25, -0.2) is 4.98 Å². The lowest BCUT2D eigenvalue weighted by Crippen LogP contribution is -1.84. The standard InChI is InChI=1S/C8H7BrN2/c9-8-4-3-7(6-11-8)2-1-5-10/h3-4,6H,1-2H2. The van der Waals surface area contributed by atoms with Gasteiger partial charge in [-0.05, 0) is 34.0 Å². The van der Waals surface area contributed by atoms with Crippen LogP contribution in [0.3, 0.4) is 0 Å². The molecule has 11 heavy (non-hydrogen) atoms. The Hall–Kier alpha value is -0.880. The third kappa shape index (κ3) is 2.69. The van der Waals surface area contributed by atoms with Crippen molar-refractivity contribution in [1.29, 1.82) is 5.26 Å². The molecule has 2 nitrogen and oxygen atoms in total. The largest absolute Gasteiger partial charge is 0.249 e. The van der Waals surface area contributed by atoms with Gasteiger partial charge in [0.15, 0.2) is 0 Å². The van der Waals surface area contributed by atoms with Crippen molar-refractivity contribution in [1.82, 2.24) is 4.98 Å². The number of pyridine rings is 1. The Morgan fingerprint density at radius 2 is 2.36 bits per heavy atom. The van der Waals surface area contributed by atoms with Crippen LogP contribution in [0.25, 0.3) is 0 Å². The number of nitriles is 1. The van der Waals surface area contributed by atoms with Crippen molar-refractivity contribution in [3.05, 3.63) is 28.5 Å². The van der Waals surface area contributed by atoms with Gasteiger partial charge in [0.05, 0.1) is 6.07 Å². The molecule has 0 aromatic carbocycles. The zero-order valence-corrected chi connectivity index (χ0v) is 7.50. The first-order valence-corrected chi connectivity index (χ1v) is 4.09.